The average molecular weight is 279 g/mol. The van der Waals surface area contributed by atoms with Crippen molar-refractivity contribution in [3.05, 3.63) is 64.4 Å². The molecule has 0 atom stereocenters. The summed E-state index contributed by atoms with van der Waals surface area (Å²) in [4.78, 5) is 12.1. The van der Waals surface area contributed by atoms with Crippen LogP contribution in [0.4, 0.5) is 4.39 Å². The van der Waals surface area contributed by atoms with E-state index in [1.165, 1.54) is 19.2 Å². The maximum Gasteiger partial charge on any atom is 0.167 e. The van der Waals surface area contributed by atoms with E-state index >= 15 is 0 Å². The highest BCUT2D eigenvalue weighted by Crippen LogP contribution is 2.18. The number of halogens is 2. The molecule has 0 saturated carbocycles. The smallest absolute Gasteiger partial charge is 0.167 e. The van der Waals surface area contributed by atoms with E-state index in [-0.39, 0.29) is 12.2 Å². The van der Waals surface area contributed by atoms with Crippen molar-refractivity contribution in [2.45, 2.75) is 6.42 Å². The first-order valence-corrected chi connectivity index (χ1v) is 6.09. The molecule has 4 heteroatoms. The molecule has 2 rings (SSSR count). The minimum Gasteiger partial charge on any atom is -0.497 e. The highest BCUT2D eigenvalue weighted by Gasteiger charge is 2.11. The molecule has 0 radical (unpaired) electrons. The van der Waals surface area contributed by atoms with Crippen LogP contribution in [0.15, 0.2) is 42.5 Å². The zero-order valence-corrected chi connectivity index (χ0v) is 11.1. The van der Waals surface area contributed by atoms with E-state index < -0.39 is 5.82 Å². The molecule has 0 bridgehead atoms. The van der Waals surface area contributed by atoms with Crippen LogP contribution in [-0.4, -0.2) is 12.9 Å². The largest absolute Gasteiger partial charge is 0.497 e. The molecule has 2 aromatic carbocycles. The minimum absolute atomic E-state index is 0.00380. The van der Waals surface area contributed by atoms with Crippen molar-refractivity contribution in [3.63, 3.8) is 0 Å². The third-order valence-corrected chi connectivity index (χ3v) is 2.99. The molecule has 19 heavy (non-hydrogen) atoms. The van der Waals surface area contributed by atoms with Crippen LogP contribution in [0.25, 0.3) is 0 Å². The first-order valence-electron chi connectivity index (χ1n) is 5.71. The lowest BCUT2D eigenvalue weighted by Gasteiger charge is -2.05. The molecule has 0 spiro atoms. The van der Waals surface area contributed by atoms with Crippen molar-refractivity contribution in [2.24, 2.45) is 0 Å². The molecule has 0 heterocycles. The molecule has 0 amide bonds. The highest BCUT2D eigenvalue weighted by atomic mass is 35.5. The summed E-state index contributed by atoms with van der Waals surface area (Å²) in [7, 11) is 1.53. The van der Waals surface area contributed by atoms with E-state index in [1.807, 2.05) is 0 Å². The number of hydrogen-bond donors (Lipinski definition) is 0. The molecule has 0 fully saturated rings. The second-order valence-corrected chi connectivity index (χ2v) is 4.50. The summed E-state index contributed by atoms with van der Waals surface area (Å²) in [6, 6.07) is 11.1. The predicted molar refractivity (Wildman–Crippen MR) is 72.4 cm³/mol. The van der Waals surface area contributed by atoms with Crippen molar-refractivity contribution >= 4 is 17.4 Å². The molecular formula is C15H12ClFO2. The Morgan fingerprint density at radius 1 is 1.26 bits per heavy atom. The Kier molecular flexibility index (Phi) is 4.17. The van der Waals surface area contributed by atoms with E-state index in [0.29, 0.717) is 21.9 Å². The van der Waals surface area contributed by atoms with Crippen LogP contribution in [0, 0.1) is 5.82 Å². The Hall–Kier alpha value is -1.87. The number of rotatable bonds is 4. The summed E-state index contributed by atoms with van der Waals surface area (Å²) in [5, 5.41) is 0.315. The summed E-state index contributed by atoms with van der Waals surface area (Å²) in [5.41, 5.74) is 0.825. The van der Waals surface area contributed by atoms with Crippen LogP contribution in [0.1, 0.15) is 15.9 Å². The summed E-state index contributed by atoms with van der Waals surface area (Å²) in [6.45, 7) is 0. The van der Waals surface area contributed by atoms with Gasteiger partial charge in [0.25, 0.3) is 0 Å². The van der Waals surface area contributed by atoms with Crippen molar-refractivity contribution in [2.75, 3.05) is 7.11 Å². The first-order chi connectivity index (χ1) is 9.10. The number of benzene rings is 2. The van der Waals surface area contributed by atoms with E-state index in [2.05, 4.69) is 0 Å². The van der Waals surface area contributed by atoms with Gasteiger partial charge in [0.2, 0.25) is 0 Å². The van der Waals surface area contributed by atoms with E-state index in [0.717, 1.165) is 0 Å². The first kappa shape index (κ1) is 13.6. The SMILES string of the molecule is COc1cccc(C(=O)Cc2ccc(Cl)cc2F)c1. The van der Waals surface area contributed by atoms with Gasteiger partial charge in [-0.05, 0) is 29.8 Å². The van der Waals surface area contributed by atoms with Crippen LogP contribution in [0.3, 0.4) is 0 Å². The molecule has 2 aromatic rings. The Morgan fingerprint density at radius 3 is 2.74 bits per heavy atom. The van der Waals surface area contributed by atoms with Gasteiger partial charge in [-0.3, -0.25) is 4.79 Å². The number of carbonyl (C=O) groups is 1. The molecule has 0 aliphatic carbocycles. The van der Waals surface area contributed by atoms with Crippen LogP contribution in [0.2, 0.25) is 5.02 Å². The number of hydrogen-bond acceptors (Lipinski definition) is 2. The van der Waals surface area contributed by atoms with Crippen molar-refractivity contribution in [1.82, 2.24) is 0 Å². The van der Waals surface area contributed by atoms with Crippen LogP contribution >= 0.6 is 11.6 Å². The lowest BCUT2D eigenvalue weighted by Crippen LogP contribution is -2.05. The summed E-state index contributed by atoms with van der Waals surface area (Å²) in [5.74, 6) is -0.0358. The van der Waals surface area contributed by atoms with Crippen LogP contribution < -0.4 is 4.74 Å². The normalized spacial score (nSPS) is 10.3. The Labute approximate surface area is 115 Å². The molecular weight excluding hydrogens is 267 g/mol. The lowest BCUT2D eigenvalue weighted by atomic mass is 10.0. The number of Topliss-reactive ketones (excluding diaryl/α,β-unsaturated/α-hetero) is 1. The predicted octanol–water partition coefficient (Wildman–Crippen LogP) is 3.91. The van der Waals surface area contributed by atoms with Gasteiger partial charge in [0, 0.05) is 17.0 Å². The topological polar surface area (TPSA) is 26.3 Å². The second-order valence-electron chi connectivity index (χ2n) is 4.07. The number of ether oxygens (including phenoxy) is 1. The molecule has 0 N–H and O–H groups in total. The van der Waals surface area contributed by atoms with E-state index in [4.69, 9.17) is 16.3 Å². The number of carbonyl (C=O) groups excluding carboxylic acids is 1. The minimum atomic E-state index is -0.469. The fourth-order valence-corrected chi connectivity index (χ4v) is 1.90. The summed E-state index contributed by atoms with van der Waals surface area (Å²) in [6.07, 6.45) is -0.00380. The number of methoxy groups -OCH3 is 1. The lowest BCUT2D eigenvalue weighted by molar-refractivity contribution is 0.0991. The van der Waals surface area contributed by atoms with Gasteiger partial charge in [0.15, 0.2) is 5.78 Å². The average Bonchev–Trinajstić information content (AvgIpc) is 2.42. The third-order valence-electron chi connectivity index (χ3n) is 2.76. The van der Waals surface area contributed by atoms with Gasteiger partial charge in [-0.15, -0.1) is 0 Å². The van der Waals surface area contributed by atoms with Crippen LogP contribution in [0.5, 0.6) is 5.75 Å². The number of ketones is 1. The fraction of sp³-hybridized carbons (Fsp3) is 0.133. The Morgan fingerprint density at radius 2 is 2.05 bits per heavy atom. The molecule has 0 aromatic heterocycles. The summed E-state index contributed by atoms with van der Waals surface area (Å²) < 4.78 is 18.7. The fourth-order valence-electron chi connectivity index (χ4n) is 1.74. The third kappa shape index (κ3) is 3.32. The van der Waals surface area contributed by atoms with Gasteiger partial charge in [-0.2, -0.15) is 0 Å². The monoisotopic (exact) mass is 278 g/mol. The molecule has 98 valence electrons. The standard InChI is InChI=1S/C15H12ClFO2/c1-19-13-4-2-3-11(7-13)15(18)8-10-5-6-12(16)9-14(10)17/h2-7,9H,8H2,1H3. The Bertz CT molecular complexity index is 611. The molecule has 2 nitrogen and oxygen atoms in total. The van der Waals surface area contributed by atoms with Gasteiger partial charge in [0.05, 0.1) is 7.11 Å². The molecule has 0 aliphatic rings. The van der Waals surface area contributed by atoms with E-state index in [1.54, 1.807) is 30.3 Å². The van der Waals surface area contributed by atoms with Crippen molar-refractivity contribution in [1.29, 1.82) is 0 Å². The quantitative estimate of drug-likeness (QED) is 0.793. The highest BCUT2D eigenvalue weighted by molar-refractivity contribution is 6.30. The zero-order valence-electron chi connectivity index (χ0n) is 10.3. The van der Waals surface area contributed by atoms with Crippen molar-refractivity contribution < 1.29 is 13.9 Å². The van der Waals surface area contributed by atoms with E-state index in [9.17, 15) is 9.18 Å². The molecule has 0 aliphatic heterocycles. The van der Waals surface area contributed by atoms with Crippen LogP contribution in [-0.2, 0) is 6.42 Å². The zero-order chi connectivity index (χ0) is 13.8. The van der Waals surface area contributed by atoms with Gasteiger partial charge in [0.1, 0.15) is 11.6 Å². The summed E-state index contributed by atoms with van der Waals surface area (Å²) >= 11 is 5.67. The van der Waals surface area contributed by atoms with Crippen molar-refractivity contribution in [3.8, 4) is 5.75 Å². The van der Waals surface area contributed by atoms with Gasteiger partial charge in [-0.25, -0.2) is 4.39 Å². The van der Waals surface area contributed by atoms with Gasteiger partial charge in [-0.1, -0.05) is 29.8 Å². The van der Waals surface area contributed by atoms with Gasteiger partial charge < -0.3 is 4.74 Å². The maximum absolute atomic E-state index is 13.6. The molecule has 0 saturated heterocycles. The Balaban J connectivity index is 2.20. The second kappa shape index (κ2) is 5.85. The maximum atomic E-state index is 13.6. The van der Waals surface area contributed by atoms with Gasteiger partial charge >= 0.3 is 0 Å². The molecule has 0 unspecified atom stereocenters.